The van der Waals surface area contributed by atoms with E-state index in [0.29, 0.717) is 0 Å². The number of nitrogens with one attached hydrogen (secondary N) is 2. The number of aliphatic hydroxyl groups excluding tert-OH is 1. The Balaban J connectivity index is 2.82. The van der Waals surface area contributed by atoms with Gasteiger partial charge in [-0.15, -0.1) is 0 Å². The fraction of sp³-hybridized carbons (Fsp3) is 0.462. The first-order chi connectivity index (χ1) is 10.2. The molecule has 0 aromatic heterocycles. The van der Waals surface area contributed by atoms with Crippen molar-refractivity contribution in [3.05, 3.63) is 24.3 Å². The zero-order valence-corrected chi connectivity index (χ0v) is 12.9. The highest BCUT2D eigenvalue weighted by atomic mass is 32.2. The largest absolute Gasteiger partial charge is 0.396 e. The van der Waals surface area contributed by atoms with Crippen molar-refractivity contribution in [1.29, 1.82) is 0 Å². The third kappa shape index (κ3) is 4.63. The molecule has 0 radical (unpaired) electrons. The first-order valence-corrected chi connectivity index (χ1v) is 8.03. The van der Waals surface area contributed by atoms with Gasteiger partial charge in [0.15, 0.2) is 0 Å². The summed E-state index contributed by atoms with van der Waals surface area (Å²) in [5.41, 5.74) is 0.0723. The van der Waals surface area contributed by atoms with Crippen molar-refractivity contribution in [2.24, 2.45) is 5.92 Å². The fourth-order valence-corrected chi connectivity index (χ4v) is 2.29. The highest BCUT2D eigenvalue weighted by Crippen LogP contribution is 2.21. The van der Waals surface area contributed by atoms with Crippen molar-refractivity contribution < 1.29 is 27.1 Å². The van der Waals surface area contributed by atoms with E-state index < -0.39 is 26.5 Å². The second-order valence-electron chi connectivity index (χ2n) is 4.88. The van der Waals surface area contributed by atoms with E-state index >= 15 is 0 Å². The van der Waals surface area contributed by atoms with Gasteiger partial charge >= 0.3 is 11.8 Å². The topological polar surface area (TPSA) is 95.5 Å². The number of alkyl halides is 2. The molecule has 6 nitrogen and oxygen atoms in total. The number of hydrogen-bond donors (Lipinski definition) is 3. The number of carbonyl (C=O) groups excluding carboxylic acids is 1. The standard InChI is InChI=1S/C13H18F2N2O4S/c1-8(7-18)9(2)16-13(19)17-10-4-3-5-11(6-10)22(20,21)12(14)15/h3-6,8-9,12,18H,7H2,1-2H3,(H2,16,17,19)/t8-,9-/m0/s1. The minimum absolute atomic E-state index is 0.0723. The van der Waals surface area contributed by atoms with Crippen LogP contribution in [0, 0.1) is 5.92 Å². The van der Waals surface area contributed by atoms with Gasteiger partial charge in [0, 0.05) is 18.3 Å². The molecule has 1 aromatic carbocycles. The molecule has 22 heavy (non-hydrogen) atoms. The number of halogens is 2. The van der Waals surface area contributed by atoms with Gasteiger partial charge in [-0.25, -0.2) is 13.2 Å². The monoisotopic (exact) mass is 336 g/mol. The molecule has 1 rings (SSSR count). The maximum absolute atomic E-state index is 12.5. The molecule has 2 amide bonds. The Labute approximate surface area is 127 Å². The Morgan fingerprint density at radius 1 is 1.32 bits per heavy atom. The van der Waals surface area contributed by atoms with E-state index in [1.54, 1.807) is 13.8 Å². The number of hydrogen-bond acceptors (Lipinski definition) is 4. The minimum atomic E-state index is -4.71. The van der Waals surface area contributed by atoms with Crippen molar-refractivity contribution in [1.82, 2.24) is 5.32 Å². The smallest absolute Gasteiger partial charge is 0.341 e. The molecule has 2 atom stereocenters. The Morgan fingerprint density at radius 2 is 1.95 bits per heavy atom. The molecule has 0 fully saturated rings. The van der Waals surface area contributed by atoms with E-state index in [2.05, 4.69) is 10.6 Å². The van der Waals surface area contributed by atoms with Gasteiger partial charge in [0.2, 0.25) is 9.84 Å². The highest BCUT2D eigenvalue weighted by Gasteiger charge is 2.26. The lowest BCUT2D eigenvalue weighted by Gasteiger charge is -2.19. The molecule has 0 aliphatic carbocycles. The fourth-order valence-electron chi connectivity index (χ4n) is 1.53. The Hall–Kier alpha value is -1.74. The number of sulfone groups is 1. The Morgan fingerprint density at radius 3 is 2.50 bits per heavy atom. The van der Waals surface area contributed by atoms with Crippen LogP contribution in [0.3, 0.4) is 0 Å². The van der Waals surface area contributed by atoms with Crippen molar-refractivity contribution in [2.75, 3.05) is 11.9 Å². The van der Waals surface area contributed by atoms with Crippen LogP contribution in [0.4, 0.5) is 19.3 Å². The van der Waals surface area contributed by atoms with Gasteiger partial charge in [-0.05, 0) is 31.0 Å². The SMILES string of the molecule is C[C@H](NC(=O)Nc1cccc(S(=O)(=O)C(F)F)c1)[C@@H](C)CO. The maximum Gasteiger partial charge on any atom is 0.341 e. The Kier molecular flexibility index (Phi) is 6.24. The second kappa shape index (κ2) is 7.50. The average Bonchev–Trinajstić information content (AvgIpc) is 2.46. The summed E-state index contributed by atoms with van der Waals surface area (Å²) in [5.74, 6) is -3.70. The number of amides is 2. The molecule has 124 valence electrons. The zero-order valence-electron chi connectivity index (χ0n) is 12.1. The molecule has 0 bridgehead atoms. The summed E-state index contributed by atoms with van der Waals surface area (Å²) in [5, 5.41) is 13.9. The third-order valence-electron chi connectivity index (χ3n) is 3.16. The van der Waals surface area contributed by atoms with Gasteiger partial charge in [-0.2, -0.15) is 8.78 Å². The van der Waals surface area contributed by atoms with Crippen LogP contribution in [0.1, 0.15) is 13.8 Å². The lowest BCUT2D eigenvalue weighted by molar-refractivity contribution is 0.204. The predicted molar refractivity (Wildman–Crippen MR) is 77.5 cm³/mol. The van der Waals surface area contributed by atoms with Gasteiger partial charge in [0.25, 0.3) is 0 Å². The van der Waals surface area contributed by atoms with Gasteiger partial charge in [0.1, 0.15) is 0 Å². The summed E-state index contributed by atoms with van der Waals surface area (Å²) in [6.45, 7) is 3.32. The van der Waals surface area contributed by atoms with Crippen LogP contribution in [0.2, 0.25) is 0 Å². The molecular weight excluding hydrogens is 318 g/mol. The van der Waals surface area contributed by atoms with Crippen molar-refractivity contribution in [2.45, 2.75) is 30.5 Å². The Bertz CT molecular complexity index is 622. The molecular formula is C13H18F2N2O4S. The van der Waals surface area contributed by atoms with E-state index in [4.69, 9.17) is 5.11 Å². The van der Waals surface area contributed by atoms with E-state index in [1.807, 2.05) is 0 Å². The molecule has 0 saturated heterocycles. The van der Waals surface area contributed by atoms with E-state index in [9.17, 15) is 22.0 Å². The van der Waals surface area contributed by atoms with Crippen LogP contribution in [-0.2, 0) is 9.84 Å². The van der Waals surface area contributed by atoms with Crippen LogP contribution in [0.25, 0.3) is 0 Å². The van der Waals surface area contributed by atoms with Crippen LogP contribution >= 0.6 is 0 Å². The molecule has 0 spiro atoms. The lowest BCUT2D eigenvalue weighted by atomic mass is 10.1. The number of urea groups is 1. The van der Waals surface area contributed by atoms with Gasteiger partial charge in [0.05, 0.1) is 4.90 Å². The van der Waals surface area contributed by atoms with Crippen LogP contribution in [0.15, 0.2) is 29.2 Å². The first kappa shape index (κ1) is 18.3. The number of aliphatic hydroxyl groups is 1. The minimum Gasteiger partial charge on any atom is -0.396 e. The average molecular weight is 336 g/mol. The van der Waals surface area contributed by atoms with Crippen LogP contribution < -0.4 is 10.6 Å². The summed E-state index contributed by atoms with van der Waals surface area (Å²) in [6.07, 6.45) is 0. The summed E-state index contributed by atoms with van der Waals surface area (Å²) >= 11 is 0. The van der Waals surface area contributed by atoms with Gasteiger partial charge in [-0.3, -0.25) is 0 Å². The van der Waals surface area contributed by atoms with Gasteiger partial charge in [-0.1, -0.05) is 13.0 Å². The van der Waals surface area contributed by atoms with E-state index in [-0.39, 0.29) is 24.3 Å². The summed E-state index contributed by atoms with van der Waals surface area (Å²) in [7, 11) is -4.71. The number of rotatable bonds is 6. The lowest BCUT2D eigenvalue weighted by Crippen LogP contribution is -2.40. The predicted octanol–water partition coefficient (Wildman–Crippen LogP) is 1.82. The van der Waals surface area contributed by atoms with Crippen molar-refractivity contribution >= 4 is 21.6 Å². The molecule has 0 saturated carbocycles. The molecule has 0 unspecified atom stereocenters. The van der Waals surface area contributed by atoms with Crippen molar-refractivity contribution in [3.63, 3.8) is 0 Å². The summed E-state index contributed by atoms with van der Waals surface area (Å²) < 4.78 is 47.7. The van der Waals surface area contributed by atoms with E-state index in [0.717, 1.165) is 12.1 Å². The molecule has 9 heteroatoms. The second-order valence-corrected chi connectivity index (χ2v) is 6.80. The van der Waals surface area contributed by atoms with E-state index in [1.165, 1.54) is 12.1 Å². The van der Waals surface area contributed by atoms with Crippen LogP contribution in [0.5, 0.6) is 0 Å². The van der Waals surface area contributed by atoms with Gasteiger partial charge < -0.3 is 15.7 Å². The summed E-state index contributed by atoms with van der Waals surface area (Å²) in [6, 6.07) is 3.68. The highest BCUT2D eigenvalue weighted by molar-refractivity contribution is 7.91. The molecule has 0 aliphatic heterocycles. The number of carbonyl (C=O) groups is 1. The third-order valence-corrected chi connectivity index (χ3v) is 4.54. The molecule has 0 aliphatic rings. The number of benzene rings is 1. The molecule has 1 aromatic rings. The number of anilines is 1. The van der Waals surface area contributed by atoms with Crippen LogP contribution in [-0.4, -0.2) is 38.0 Å². The van der Waals surface area contributed by atoms with Crippen molar-refractivity contribution in [3.8, 4) is 0 Å². The zero-order chi connectivity index (χ0) is 16.9. The quantitative estimate of drug-likeness (QED) is 0.738. The first-order valence-electron chi connectivity index (χ1n) is 6.49. The normalized spacial score (nSPS) is 14.5. The summed E-state index contributed by atoms with van der Waals surface area (Å²) in [4.78, 5) is 11.2. The maximum atomic E-state index is 12.5. The molecule has 3 N–H and O–H groups in total. The molecule has 0 heterocycles.